The lowest BCUT2D eigenvalue weighted by molar-refractivity contribution is 0.321. The monoisotopic (exact) mass is 229 g/mol. The number of hydrogen-bond acceptors (Lipinski definition) is 1. The predicted octanol–water partition coefficient (Wildman–Crippen LogP) is 4.01. The highest BCUT2D eigenvalue weighted by Crippen LogP contribution is 2.26. The van der Waals surface area contributed by atoms with Gasteiger partial charge in [-0.15, -0.1) is 0 Å². The minimum atomic E-state index is 0.777. The molecule has 2 aromatic rings. The topological polar surface area (TPSA) is 14.2 Å². The Morgan fingerprint density at radius 2 is 2.18 bits per heavy atom. The van der Waals surface area contributed by atoms with Crippen molar-refractivity contribution in [1.82, 2.24) is 4.57 Å². The fourth-order valence-electron chi connectivity index (χ4n) is 1.91. The van der Waals surface area contributed by atoms with Crippen LogP contribution in [0.5, 0.6) is 5.75 Å². The van der Waals surface area contributed by atoms with Crippen molar-refractivity contribution in [1.29, 1.82) is 0 Å². The van der Waals surface area contributed by atoms with E-state index in [0.29, 0.717) is 0 Å². The summed E-state index contributed by atoms with van der Waals surface area (Å²) in [5, 5.41) is 1.20. The number of ether oxygens (including phenoxy) is 1. The molecule has 0 saturated carbocycles. The number of nitrogens with zero attached hydrogens (tertiary/aromatic N) is 1. The molecule has 2 rings (SSSR count). The molecule has 0 bridgehead atoms. The van der Waals surface area contributed by atoms with Crippen LogP contribution < -0.4 is 4.74 Å². The zero-order valence-electron chi connectivity index (χ0n) is 10.5. The van der Waals surface area contributed by atoms with Crippen LogP contribution >= 0.6 is 0 Å². The summed E-state index contributed by atoms with van der Waals surface area (Å²) in [4.78, 5) is 0. The summed E-state index contributed by atoms with van der Waals surface area (Å²) >= 11 is 0. The van der Waals surface area contributed by atoms with Crippen molar-refractivity contribution in [3.63, 3.8) is 0 Å². The SMILES string of the molecule is C/C=C/Cn1ccc2c(OCCC)cccc21. The highest BCUT2D eigenvalue weighted by atomic mass is 16.5. The summed E-state index contributed by atoms with van der Waals surface area (Å²) in [7, 11) is 0. The normalized spacial score (nSPS) is 11.4. The molecule has 2 nitrogen and oxygen atoms in total. The molecule has 17 heavy (non-hydrogen) atoms. The molecule has 0 aliphatic carbocycles. The molecule has 0 aliphatic rings. The zero-order chi connectivity index (χ0) is 12.1. The van der Waals surface area contributed by atoms with Gasteiger partial charge in [0.25, 0.3) is 0 Å². The molecule has 0 unspecified atom stereocenters. The highest BCUT2D eigenvalue weighted by Gasteiger charge is 2.05. The average Bonchev–Trinajstić information content (AvgIpc) is 2.77. The Morgan fingerprint density at radius 3 is 2.94 bits per heavy atom. The summed E-state index contributed by atoms with van der Waals surface area (Å²) in [6.07, 6.45) is 7.38. The van der Waals surface area contributed by atoms with Crippen molar-refractivity contribution in [2.75, 3.05) is 6.61 Å². The third-order valence-electron chi connectivity index (χ3n) is 2.77. The number of allylic oxidation sites excluding steroid dienone is 2. The van der Waals surface area contributed by atoms with Crippen molar-refractivity contribution in [3.05, 3.63) is 42.6 Å². The van der Waals surface area contributed by atoms with Gasteiger partial charge in [0.1, 0.15) is 5.75 Å². The molecule has 0 amide bonds. The molecule has 90 valence electrons. The molecule has 1 aromatic heterocycles. The van der Waals surface area contributed by atoms with Gasteiger partial charge < -0.3 is 9.30 Å². The zero-order valence-corrected chi connectivity index (χ0v) is 10.5. The van der Waals surface area contributed by atoms with Crippen LogP contribution in [0.3, 0.4) is 0 Å². The second-order valence-electron chi connectivity index (χ2n) is 4.07. The summed E-state index contributed by atoms with van der Waals surface area (Å²) in [6, 6.07) is 8.36. The first-order valence-electron chi connectivity index (χ1n) is 6.18. The fraction of sp³-hybridized carbons (Fsp3) is 0.333. The molecule has 0 atom stereocenters. The molecule has 2 heteroatoms. The van der Waals surface area contributed by atoms with Crippen molar-refractivity contribution in [3.8, 4) is 5.75 Å². The predicted molar refractivity (Wildman–Crippen MR) is 72.5 cm³/mol. The Hall–Kier alpha value is -1.70. The maximum atomic E-state index is 5.75. The fourth-order valence-corrected chi connectivity index (χ4v) is 1.91. The molecular formula is C15H19NO. The first-order chi connectivity index (χ1) is 8.36. The Morgan fingerprint density at radius 1 is 1.29 bits per heavy atom. The minimum absolute atomic E-state index is 0.777. The van der Waals surface area contributed by atoms with Crippen LogP contribution in [0.4, 0.5) is 0 Å². The summed E-state index contributed by atoms with van der Waals surface area (Å²) in [5.41, 5.74) is 1.23. The Kier molecular flexibility index (Phi) is 3.86. The Bertz CT molecular complexity index is 511. The third-order valence-corrected chi connectivity index (χ3v) is 2.77. The molecule has 0 radical (unpaired) electrons. The first-order valence-corrected chi connectivity index (χ1v) is 6.18. The number of rotatable bonds is 5. The number of aromatic nitrogens is 1. The van der Waals surface area contributed by atoms with E-state index in [2.05, 4.69) is 48.0 Å². The van der Waals surface area contributed by atoms with Crippen LogP contribution in [0.15, 0.2) is 42.6 Å². The van der Waals surface area contributed by atoms with Gasteiger partial charge in [0.15, 0.2) is 0 Å². The first kappa shape index (κ1) is 11.8. The van der Waals surface area contributed by atoms with E-state index in [1.165, 1.54) is 10.9 Å². The molecule has 0 N–H and O–H groups in total. The van der Waals surface area contributed by atoms with Gasteiger partial charge in [-0.05, 0) is 31.5 Å². The third kappa shape index (κ3) is 2.52. The lowest BCUT2D eigenvalue weighted by atomic mass is 10.2. The smallest absolute Gasteiger partial charge is 0.128 e. The lowest BCUT2D eigenvalue weighted by Crippen LogP contribution is -1.96. The van der Waals surface area contributed by atoms with Gasteiger partial charge in [-0.1, -0.05) is 25.1 Å². The number of benzene rings is 1. The van der Waals surface area contributed by atoms with Gasteiger partial charge in [-0.25, -0.2) is 0 Å². The quantitative estimate of drug-likeness (QED) is 0.707. The van der Waals surface area contributed by atoms with Crippen LogP contribution in [-0.2, 0) is 6.54 Å². The van der Waals surface area contributed by atoms with Gasteiger partial charge in [-0.3, -0.25) is 0 Å². The van der Waals surface area contributed by atoms with Gasteiger partial charge in [-0.2, -0.15) is 0 Å². The van der Waals surface area contributed by atoms with Crippen molar-refractivity contribution in [2.45, 2.75) is 26.8 Å². The summed E-state index contributed by atoms with van der Waals surface area (Å²) < 4.78 is 7.99. The van der Waals surface area contributed by atoms with E-state index in [0.717, 1.165) is 25.3 Å². The largest absolute Gasteiger partial charge is 0.493 e. The average molecular weight is 229 g/mol. The van der Waals surface area contributed by atoms with E-state index >= 15 is 0 Å². The van der Waals surface area contributed by atoms with Crippen LogP contribution in [-0.4, -0.2) is 11.2 Å². The Balaban J connectivity index is 2.34. The molecule has 1 heterocycles. The van der Waals surface area contributed by atoms with Crippen LogP contribution in [0.1, 0.15) is 20.3 Å². The lowest BCUT2D eigenvalue weighted by Gasteiger charge is -2.07. The number of hydrogen-bond donors (Lipinski definition) is 0. The van der Waals surface area contributed by atoms with E-state index in [-0.39, 0.29) is 0 Å². The van der Waals surface area contributed by atoms with Crippen LogP contribution in [0.25, 0.3) is 10.9 Å². The van der Waals surface area contributed by atoms with Crippen LogP contribution in [0, 0.1) is 0 Å². The molecule has 0 fully saturated rings. The maximum absolute atomic E-state index is 5.75. The van der Waals surface area contributed by atoms with Crippen LogP contribution in [0.2, 0.25) is 0 Å². The maximum Gasteiger partial charge on any atom is 0.128 e. The van der Waals surface area contributed by atoms with Gasteiger partial charge in [0.2, 0.25) is 0 Å². The Labute approximate surface area is 103 Å². The van der Waals surface area contributed by atoms with E-state index in [1.54, 1.807) is 0 Å². The van der Waals surface area contributed by atoms with E-state index in [4.69, 9.17) is 4.74 Å². The summed E-state index contributed by atoms with van der Waals surface area (Å²) in [5.74, 6) is 0.989. The number of fused-ring (bicyclic) bond motifs is 1. The van der Waals surface area contributed by atoms with Gasteiger partial charge in [0, 0.05) is 18.1 Å². The van der Waals surface area contributed by atoms with Gasteiger partial charge in [0.05, 0.1) is 12.1 Å². The summed E-state index contributed by atoms with van der Waals surface area (Å²) in [6.45, 7) is 5.86. The van der Waals surface area contributed by atoms with Crippen molar-refractivity contribution < 1.29 is 4.74 Å². The van der Waals surface area contributed by atoms with E-state index in [9.17, 15) is 0 Å². The second kappa shape index (κ2) is 5.58. The standard InChI is InChI=1S/C15H19NO/c1-3-5-10-16-11-9-13-14(16)7-6-8-15(13)17-12-4-2/h3,5-9,11H,4,10,12H2,1-2H3/b5-3+. The van der Waals surface area contributed by atoms with E-state index in [1.807, 2.05) is 13.0 Å². The molecule has 0 spiro atoms. The van der Waals surface area contributed by atoms with E-state index < -0.39 is 0 Å². The highest BCUT2D eigenvalue weighted by molar-refractivity contribution is 5.86. The second-order valence-corrected chi connectivity index (χ2v) is 4.07. The molecule has 0 aliphatic heterocycles. The molecule has 0 saturated heterocycles. The van der Waals surface area contributed by atoms with Crippen molar-refractivity contribution >= 4 is 10.9 Å². The van der Waals surface area contributed by atoms with Crippen molar-refractivity contribution in [2.24, 2.45) is 0 Å². The molecular weight excluding hydrogens is 210 g/mol. The van der Waals surface area contributed by atoms with Gasteiger partial charge >= 0.3 is 0 Å². The minimum Gasteiger partial charge on any atom is -0.493 e. The molecule has 1 aromatic carbocycles.